The van der Waals surface area contributed by atoms with E-state index >= 15 is 0 Å². The van der Waals surface area contributed by atoms with Gasteiger partial charge in [0.2, 0.25) is 0 Å². The summed E-state index contributed by atoms with van der Waals surface area (Å²) < 4.78 is 5.56. The maximum atomic E-state index is 5.91. The maximum absolute atomic E-state index is 5.91. The first-order chi connectivity index (χ1) is 6.68. The van der Waals surface area contributed by atoms with Gasteiger partial charge < -0.3 is 10.5 Å². The van der Waals surface area contributed by atoms with Crippen LogP contribution in [0, 0.1) is 6.92 Å². The summed E-state index contributed by atoms with van der Waals surface area (Å²) in [5.41, 5.74) is 8.42. The molecule has 0 aliphatic heterocycles. The molecule has 2 nitrogen and oxygen atoms in total. The highest BCUT2D eigenvalue weighted by Gasteiger charge is 2.38. The van der Waals surface area contributed by atoms with Crippen molar-refractivity contribution < 1.29 is 4.74 Å². The number of hydrogen-bond donors (Lipinski definition) is 1. The van der Waals surface area contributed by atoms with E-state index in [1.807, 2.05) is 0 Å². The Morgan fingerprint density at radius 2 is 1.87 bits per heavy atom. The molecule has 0 spiro atoms. The lowest BCUT2D eigenvalue weighted by atomic mass is 10.2. The lowest BCUT2D eigenvalue weighted by molar-refractivity contribution is 0.102. The Labute approximate surface area is 97.2 Å². The second-order valence-electron chi connectivity index (χ2n) is 4.34. The van der Waals surface area contributed by atoms with Crippen LogP contribution in [-0.4, -0.2) is 12.1 Å². The lowest BCUT2D eigenvalue weighted by Crippen LogP contribution is -2.27. The van der Waals surface area contributed by atoms with Crippen molar-refractivity contribution in [1.29, 1.82) is 0 Å². The fraction of sp³-hybridized carbons (Fsp3) is 0.500. The van der Waals surface area contributed by atoms with Gasteiger partial charge in [0, 0.05) is 5.54 Å². The number of rotatable bonds is 4. The SMILES string of the molecule is Cc1ccc(COCC2(N)CC2)cc1.Cl. The smallest absolute Gasteiger partial charge is 0.0717 e. The zero-order valence-electron chi connectivity index (χ0n) is 9.03. The summed E-state index contributed by atoms with van der Waals surface area (Å²) >= 11 is 0. The van der Waals surface area contributed by atoms with Crippen LogP contribution in [0.25, 0.3) is 0 Å². The molecule has 1 saturated carbocycles. The molecule has 0 unspecified atom stereocenters. The number of nitrogens with two attached hydrogens (primary N) is 1. The van der Waals surface area contributed by atoms with Crippen LogP contribution in [0.3, 0.4) is 0 Å². The molecule has 1 aromatic carbocycles. The van der Waals surface area contributed by atoms with E-state index in [2.05, 4.69) is 31.2 Å². The highest BCUT2D eigenvalue weighted by atomic mass is 35.5. The minimum Gasteiger partial charge on any atom is -0.375 e. The summed E-state index contributed by atoms with van der Waals surface area (Å²) in [6.07, 6.45) is 2.22. The molecule has 2 rings (SSSR count). The maximum Gasteiger partial charge on any atom is 0.0717 e. The van der Waals surface area contributed by atoms with Crippen molar-refractivity contribution in [3.63, 3.8) is 0 Å². The first-order valence-corrected chi connectivity index (χ1v) is 5.10. The van der Waals surface area contributed by atoms with Gasteiger partial charge >= 0.3 is 0 Å². The summed E-state index contributed by atoms with van der Waals surface area (Å²) in [5.74, 6) is 0. The number of ether oxygens (including phenoxy) is 1. The first kappa shape index (κ1) is 12.5. The Bertz CT molecular complexity index is 306. The van der Waals surface area contributed by atoms with Crippen molar-refractivity contribution in [3.05, 3.63) is 35.4 Å². The fourth-order valence-electron chi connectivity index (χ4n) is 1.36. The standard InChI is InChI=1S/C12H17NO.ClH/c1-10-2-4-11(5-3-10)8-14-9-12(13)6-7-12;/h2-5H,6-9,13H2,1H3;1H. The molecule has 1 aliphatic rings. The minimum absolute atomic E-state index is 0. The molecular formula is C12H18ClNO. The van der Waals surface area contributed by atoms with Crippen LogP contribution in [-0.2, 0) is 11.3 Å². The highest BCUT2D eigenvalue weighted by Crippen LogP contribution is 2.32. The molecule has 0 amide bonds. The molecule has 1 aromatic rings. The van der Waals surface area contributed by atoms with E-state index in [1.165, 1.54) is 11.1 Å². The Morgan fingerprint density at radius 1 is 1.27 bits per heavy atom. The van der Waals surface area contributed by atoms with Crippen LogP contribution < -0.4 is 5.73 Å². The topological polar surface area (TPSA) is 35.2 Å². The number of halogens is 1. The number of benzene rings is 1. The van der Waals surface area contributed by atoms with Gasteiger partial charge in [0.1, 0.15) is 0 Å². The quantitative estimate of drug-likeness (QED) is 0.858. The molecular weight excluding hydrogens is 210 g/mol. The second kappa shape index (κ2) is 4.97. The zero-order chi connectivity index (χ0) is 10.0. The van der Waals surface area contributed by atoms with E-state index in [9.17, 15) is 0 Å². The Morgan fingerprint density at radius 3 is 2.40 bits per heavy atom. The van der Waals surface area contributed by atoms with Crippen molar-refractivity contribution in [2.45, 2.75) is 31.9 Å². The molecule has 0 aromatic heterocycles. The van der Waals surface area contributed by atoms with Gasteiger partial charge in [-0.3, -0.25) is 0 Å². The third-order valence-corrected chi connectivity index (χ3v) is 2.67. The van der Waals surface area contributed by atoms with Crippen LogP contribution in [0.15, 0.2) is 24.3 Å². The van der Waals surface area contributed by atoms with Crippen molar-refractivity contribution in [3.8, 4) is 0 Å². The van der Waals surface area contributed by atoms with Crippen molar-refractivity contribution >= 4 is 12.4 Å². The lowest BCUT2D eigenvalue weighted by Gasteiger charge is -2.09. The van der Waals surface area contributed by atoms with E-state index < -0.39 is 0 Å². The molecule has 1 aliphatic carbocycles. The van der Waals surface area contributed by atoms with Gasteiger partial charge in [-0.25, -0.2) is 0 Å². The molecule has 0 atom stereocenters. The molecule has 84 valence electrons. The van der Waals surface area contributed by atoms with Crippen LogP contribution >= 0.6 is 12.4 Å². The summed E-state index contributed by atoms with van der Waals surface area (Å²) in [5, 5.41) is 0. The molecule has 0 saturated heterocycles. The molecule has 15 heavy (non-hydrogen) atoms. The van der Waals surface area contributed by atoms with Crippen LogP contribution in [0.1, 0.15) is 24.0 Å². The zero-order valence-corrected chi connectivity index (χ0v) is 9.85. The fourth-order valence-corrected chi connectivity index (χ4v) is 1.36. The van der Waals surface area contributed by atoms with E-state index in [0.717, 1.165) is 12.8 Å². The van der Waals surface area contributed by atoms with Crippen molar-refractivity contribution in [1.82, 2.24) is 0 Å². The van der Waals surface area contributed by atoms with Gasteiger partial charge in [-0.1, -0.05) is 29.8 Å². The number of hydrogen-bond acceptors (Lipinski definition) is 2. The monoisotopic (exact) mass is 227 g/mol. The third-order valence-electron chi connectivity index (χ3n) is 2.67. The van der Waals surface area contributed by atoms with Crippen LogP contribution in [0.5, 0.6) is 0 Å². The minimum atomic E-state index is 0. The molecule has 0 bridgehead atoms. The Balaban J connectivity index is 0.00000112. The van der Waals surface area contributed by atoms with Gasteiger partial charge in [-0.15, -0.1) is 12.4 Å². The van der Waals surface area contributed by atoms with Gasteiger partial charge in [0.25, 0.3) is 0 Å². The molecule has 2 N–H and O–H groups in total. The highest BCUT2D eigenvalue weighted by molar-refractivity contribution is 5.85. The van der Waals surface area contributed by atoms with E-state index in [4.69, 9.17) is 10.5 Å². The van der Waals surface area contributed by atoms with Crippen molar-refractivity contribution in [2.24, 2.45) is 5.73 Å². The van der Waals surface area contributed by atoms with Gasteiger partial charge in [-0.2, -0.15) is 0 Å². The van der Waals surface area contributed by atoms with E-state index in [-0.39, 0.29) is 17.9 Å². The summed E-state index contributed by atoms with van der Waals surface area (Å²) in [6, 6.07) is 8.42. The average molecular weight is 228 g/mol. The van der Waals surface area contributed by atoms with Gasteiger partial charge in [-0.05, 0) is 25.3 Å². The molecule has 0 radical (unpaired) electrons. The predicted molar refractivity (Wildman–Crippen MR) is 64.2 cm³/mol. The van der Waals surface area contributed by atoms with Crippen molar-refractivity contribution in [2.75, 3.05) is 6.61 Å². The molecule has 1 fully saturated rings. The molecule has 0 heterocycles. The average Bonchev–Trinajstić information content (AvgIpc) is 2.88. The normalized spacial score (nSPS) is 16.9. The van der Waals surface area contributed by atoms with E-state index in [0.29, 0.717) is 13.2 Å². The van der Waals surface area contributed by atoms with Crippen LogP contribution in [0.4, 0.5) is 0 Å². The van der Waals surface area contributed by atoms with Gasteiger partial charge in [0.15, 0.2) is 0 Å². The van der Waals surface area contributed by atoms with Crippen LogP contribution in [0.2, 0.25) is 0 Å². The number of aryl methyl sites for hydroxylation is 1. The second-order valence-corrected chi connectivity index (χ2v) is 4.34. The van der Waals surface area contributed by atoms with Gasteiger partial charge in [0.05, 0.1) is 13.2 Å². The Hall–Kier alpha value is -0.570. The largest absolute Gasteiger partial charge is 0.375 e. The summed E-state index contributed by atoms with van der Waals surface area (Å²) in [7, 11) is 0. The Kier molecular flexibility index (Phi) is 4.14. The molecule has 3 heteroatoms. The summed E-state index contributed by atoms with van der Waals surface area (Å²) in [4.78, 5) is 0. The predicted octanol–water partition coefficient (Wildman–Crippen LogP) is 2.42. The first-order valence-electron chi connectivity index (χ1n) is 5.10. The summed E-state index contributed by atoms with van der Waals surface area (Å²) in [6.45, 7) is 3.46. The van der Waals surface area contributed by atoms with E-state index in [1.54, 1.807) is 0 Å². The third kappa shape index (κ3) is 3.82.